The van der Waals surface area contributed by atoms with E-state index in [0.717, 1.165) is 56.6 Å². The van der Waals surface area contributed by atoms with Crippen LogP contribution in [0, 0.1) is 0 Å². The molecular weight excluding hydrogens is 745 g/mol. The van der Waals surface area contributed by atoms with E-state index in [-0.39, 0.29) is 44.5 Å². The number of hydrogen-bond acceptors (Lipinski definition) is 10. The van der Waals surface area contributed by atoms with E-state index >= 15 is 0 Å². The van der Waals surface area contributed by atoms with Crippen LogP contribution in [0.2, 0.25) is 0 Å². The van der Waals surface area contributed by atoms with E-state index in [4.69, 9.17) is 19.3 Å². The second kappa shape index (κ2) is 19.4. The maximum absolute atomic E-state index is 13.2. The summed E-state index contributed by atoms with van der Waals surface area (Å²) in [5.41, 5.74) is 2.54. The number of benzene rings is 2. The second-order valence-electron chi connectivity index (χ2n) is 17.9. The summed E-state index contributed by atoms with van der Waals surface area (Å²) < 4.78 is 17.0. The zero-order valence-corrected chi connectivity index (χ0v) is 38.1. The summed E-state index contributed by atoms with van der Waals surface area (Å²) in [5, 5.41) is 9.13. The van der Waals surface area contributed by atoms with Crippen molar-refractivity contribution in [2.24, 2.45) is 0 Å². The zero-order valence-electron chi connectivity index (χ0n) is 34.8. The number of thioether (sulfide) groups is 2. The van der Waals surface area contributed by atoms with Crippen molar-refractivity contribution in [2.45, 2.75) is 158 Å². The van der Waals surface area contributed by atoms with Gasteiger partial charge in [0, 0.05) is 57.1 Å². The van der Waals surface area contributed by atoms with E-state index in [9.17, 15) is 14.4 Å². The minimum Gasteiger partial charge on any atom is -0.481 e. The number of carbonyl (C=O) groups is 3. The fourth-order valence-corrected chi connectivity index (χ4v) is 9.99. The van der Waals surface area contributed by atoms with Crippen LogP contribution in [0.5, 0.6) is 11.5 Å². The van der Waals surface area contributed by atoms with Crippen molar-refractivity contribution in [1.29, 1.82) is 0 Å². The Morgan fingerprint density at radius 2 is 0.925 bits per heavy atom. The molecule has 1 N–H and O–H groups in total. The standard InChI is InChI=1S/C42H64O7S4/c1-38(2,3)29-23-27(24-30(39(4,5)6)36(29)48-34(45)17-16-21-50-51-22-20-47-15)52-42(13,14)53-28-25-31(40(7,8)9)37(32(26-28)41(10,11)12)49-35(46)19-18-33(43)44/h23-26H,16-22H2,1-15H3,(H,43,44). The van der Waals surface area contributed by atoms with Crippen LogP contribution in [0.4, 0.5) is 0 Å². The van der Waals surface area contributed by atoms with Crippen molar-refractivity contribution in [3.63, 3.8) is 0 Å². The van der Waals surface area contributed by atoms with Gasteiger partial charge in [0.15, 0.2) is 0 Å². The SMILES string of the molecule is COCCSSCCCC(=O)Oc1c(C(C)(C)C)cc(SC(C)(C)Sc2cc(C(C)(C)C)c(OC(=O)CCC(=O)O)c(C(C)(C)C)c2)cc1C(C)(C)C. The topological polar surface area (TPSA) is 99.1 Å². The molecule has 0 unspecified atom stereocenters. The minimum atomic E-state index is -1.03. The first-order valence-electron chi connectivity index (χ1n) is 18.3. The summed E-state index contributed by atoms with van der Waals surface area (Å²) in [4.78, 5) is 39.4. The lowest BCUT2D eigenvalue weighted by atomic mass is 9.79. The highest BCUT2D eigenvalue weighted by Crippen LogP contribution is 2.51. The Morgan fingerprint density at radius 1 is 0.566 bits per heavy atom. The van der Waals surface area contributed by atoms with Gasteiger partial charge in [-0.25, -0.2) is 0 Å². The summed E-state index contributed by atoms with van der Waals surface area (Å²) in [5.74, 6) is 1.19. The highest BCUT2D eigenvalue weighted by molar-refractivity contribution is 8.76. The molecule has 0 saturated carbocycles. The van der Waals surface area contributed by atoms with E-state index in [1.165, 1.54) is 0 Å². The molecule has 2 rings (SSSR count). The van der Waals surface area contributed by atoms with Crippen LogP contribution < -0.4 is 9.47 Å². The summed E-state index contributed by atoms with van der Waals surface area (Å²) in [6.07, 6.45) is 0.640. The van der Waals surface area contributed by atoms with Crippen LogP contribution in [0.1, 0.15) is 145 Å². The molecule has 0 saturated heterocycles. The third-order valence-corrected chi connectivity index (χ3v) is 13.0. The lowest BCUT2D eigenvalue weighted by Gasteiger charge is -2.33. The average molecular weight is 809 g/mol. The maximum Gasteiger partial charge on any atom is 0.311 e. The molecule has 0 amide bonds. The highest BCUT2D eigenvalue weighted by Gasteiger charge is 2.34. The molecule has 0 aliphatic carbocycles. The number of methoxy groups -OCH3 is 1. The van der Waals surface area contributed by atoms with Crippen molar-refractivity contribution in [3.8, 4) is 11.5 Å². The largest absolute Gasteiger partial charge is 0.481 e. The van der Waals surface area contributed by atoms with Crippen molar-refractivity contribution >= 4 is 63.0 Å². The van der Waals surface area contributed by atoms with Crippen LogP contribution in [0.15, 0.2) is 34.1 Å². The van der Waals surface area contributed by atoms with Gasteiger partial charge in [0.05, 0.1) is 23.5 Å². The first kappa shape index (κ1) is 47.4. The van der Waals surface area contributed by atoms with Gasteiger partial charge < -0.3 is 19.3 Å². The van der Waals surface area contributed by atoms with Gasteiger partial charge in [0.1, 0.15) is 11.5 Å². The maximum atomic E-state index is 13.2. The van der Waals surface area contributed by atoms with Crippen LogP contribution in [0.3, 0.4) is 0 Å². The number of rotatable bonds is 17. The van der Waals surface area contributed by atoms with Crippen LogP contribution >= 0.6 is 45.1 Å². The summed E-state index contributed by atoms with van der Waals surface area (Å²) in [6, 6.07) is 8.60. The molecule has 0 aromatic heterocycles. The van der Waals surface area contributed by atoms with Crippen LogP contribution in [0.25, 0.3) is 0 Å². The van der Waals surface area contributed by atoms with E-state index in [0.29, 0.717) is 17.9 Å². The first-order valence-corrected chi connectivity index (χ1v) is 22.4. The lowest BCUT2D eigenvalue weighted by molar-refractivity contribution is -0.142. The van der Waals surface area contributed by atoms with Gasteiger partial charge in [-0.05, 0) is 66.2 Å². The molecule has 0 heterocycles. The monoisotopic (exact) mass is 808 g/mol. The van der Waals surface area contributed by atoms with E-state index < -0.39 is 11.9 Å². The fraction of sp³-hybridized carbons (Fsp3) is 0.643. The molecule has 0 radical (unpaired) electrons. The predicted octanol–water partition coefficient (Wildman–Crippen LogP) is 12.0. The number of carboxylic acid groups (broad SMARTS) is 1. The van der Waals surface area contributed by atoms with Gasteiger partial charge >= 0.3 is 17.9 Å². The Labute approximate surface area is 336 Å². The molecule has 0 aliphatic rings. The zero-order chi connectivity index (χ0) is 40.6. The molecule has 2 aromatic rings. The fourth-order valence-electron chi connectivity index (χ4n) is 5.41. The predicted molar refractivity (Wildman–Crippen MR) is 228 cm³/mol. The molecular formula is C42H64O7S4. The first-order chi connectivity index (χ1) is 24.2. The molecule has 7 nitrogen and oxygen atoms in total. The molecule has 0 aliphatic heterocycles. The van der Waals surface area contributed by atoms with Crippen molar-refractivity contribution in [3.05, 3.63) is 46.5 Å². The number of aliphatic carboxylic acids is 1. The number of carboxylic acids is 1. The second-order valence-corrected chi connectivity index (χ2v) is 24.2. The molecule has 0 atom stereocenters. The molecule has 2 aromatic carbocycles. The number of hydrogen-bond donors (Lipinski definition) is 1. The Bertz CT molecular complexity index is 1500. The molecule has 298 valence electrons. The summed E-state index contributed by atoms with van der Waals surface area (Å²) in [7, 11) is 5.22. The minimum absolute atomic E-state index is 0.193. The Morgan fingerprint density at radius 3 is 1.26 bits per heavy atom. The van der Waals surface area contributed by atoms with Crippen molar-refractivity contribution in [1.82, 2.24) is 0 Å². The van der Waals surface area contributed by atoms with Crippen molar-refractivity contribution in [2.75, 3.05) is 25.2 Å². The number of carbonyl (C=O) groups excluding carboxylic acids is 2. The normalized spacial score (nSPS) is 12.9. The highest BCUT2D eigenvalue weighted by atomic mass is 33.1. The smallest absolute Gasteiger partial charge is 0.311 e. The van der Waals surface area contributed by atoms with Crippen LogP contribution in [-0.4, -0.2) is 52.3 Å². The average Bonchev–Trinajstić information content (AvgIpc) is 2.98. The Kier molecular flexibility index (Phi) is 17.3. The van der Waals surface area contributed by atoms with E-state index in [2.05, 4.69) is 121 Å². The van der Waals surface area contributed by atoms with Gasteiger partial charge in [0.2, 0.25) is 0 Å². The number of ether oxygens (including phenoxy) is 3. The van der Waals surface area contributed by atoms with Crippen molar-refractivity contribution < 1.29 is 33.7 Å². The molecule has 0 bridgehead atoms. The summed E-state index contributed by atoms with van der Waals surface area (Å²) >= 11 is 3.52. The molecule has 53 heavy (non-hydrogen) atoms. The molecule has 0 spiro atoms. The lowest BCUT2D eigenvalue weighted by Crippen LogP contribution is -2.23. The Balaban J connectivity index is 2.52. The van der Waals surface area contributed by atoms with Gasteiger partial charge in [-0.15, -0.1) is 23.5 Å². The van der Waals surface area contributed by atoms with E-state index in [1.54, 1.807) is 52.2 Å². The van der Waals surface area contributed by atoms with E-state index in [1.807, 2.05) is 0 Å². The van der Waals surface area contributed by atoms with Gasteiger partial charge in [0.25, 0.3) is 0 Å². The van der Waals surface area contributed by atoms with Gasteiger partial charge in [-0.3, -0.25) is 14.4 Å². The summed E-state index contributed by atoms with van der Waals surface area (Å²) in [6.45, 7) is 30.7. The Hall–Kier alpha value is -1.79. The number of esters is 2. The molecule has 0 fully saturated rings. The van der Waals surface area contributed by atoms with Gasteiger partial charge in [-0.1, -0.05) is 105 Å². The third-order valence-electron chi connectivity index (χ3n) is 8.12. The quantitative estimate of drug-likeness (QED) is 0.0413. The van der Waals surface area contributed by atoms with Crippen LogP contribution in [-0.2, 0) is 40.8 Å². The molecule has 11 heteroatoms. The third kappa shape index (κ3) is 15.7. The van der Waals surface area contributed by atoms with Gasteiger partial charge in [-0.2, -0.15) is 0 Å².